The molecule has 2 aromatic carbocycles. The number of halogens is 6. The second kappa shape index (κ2) is 8.41. The number of carbonyl (C=O) groups excluding carboxylic acids is 1. The minimum absolute atomic E-state index is 0.0606. The molecule has 1 aliphatic heterocycles. The molecule has 1 amide bonds. The van der Waals surface area contributed by atoms with E-state index in [0.717, 1.165) is 17.7 Å². The number of hydrogen-bond acceptors (Lipinski definition) is 2. The molecule has 3 nitrogen and oxygen atoms in total. The summed E-state index contributed by atoms with van der Waals surface area (Å²) in [6.07, 6.45) is -5.51. The van der Waals surface area contributed by atoms with Gasteiger partial charge in [-0.05, 0) is 43.2 Å². The molecule has 9 heteroatoms. The predicted molar refractivity (Wildman–Crippen MR) is 107 cm³/mol. The van der Waals surface area contributed by atoms with E-state index >= 15 is 0 Å². The van der Waals surface area contributed by atoms with E-state index in [1.807, 2.05) is 13.0 Å². The van der Waals surface area contributed by atoms with Gasteiger partial charge in [-0.15, -0.1) is 0 Å². The van der Waals surface area contributed by atoms with Crippen molar-refractivity contribution in [3.63, 3.8) is 0 Å². The zero-order valence-corrected chi connectivity index (χ0v) is 16.9. The summed E-state index contributed by atoms with van der Waals surface area (Å²) in [6, 6.07) is 8.62. The highest BCUT2D eigenvalue weighted by atomic mass is 35.5. The molecule has 1 aliphatic rings. The first kappa shape index (κ1) is 22.3. The summed E-state index contributed by atoms with van der Waals surface area (Å²) in [7, 11) is 0. The number of anilines is 2. The van der Waals surface area contributed by atoms with Crippen LogP contribution in [-0.2, 0) is 6.18 Å². The second-order valence-corrected chi connectivity index (χ2v) is 7.77. The van der Waals surface area contributed by atoms with Gasteiger partial charge in [0.25, 0.3) is 5.91 Å². The predicted octanol–water partition coefficient (Wildman–Crippen LogP) is 6.55. The number of carbonyl (C=O) groups is 1. The first-order valence-corrected chi connectivity index (χ1v) is 9.76. The van der Waals surface area contributed by atoms with Crippen LogP contribution in [0.3, 0.4) is 0 Å². The SMILES string of the molecule is Cc1cccc(NC(=O)c2cc(Cl)c(C(F)(F)F)cc2N2CCCC(F)(F)CC2)c1. The van der Waals surface area contributed by atoms with Crippen molar-refractivity contribution in [2.45, 2.75) is 38.3 Å². The average molecular weight is 447 g/mol. The van der Waals surface area contributed by atoms with Crippen molar-refractivity contribution in [3.05, 3.63) is 58.1 Å². The lowest BCUT2D eigenvalue weighted by atomic mass is 10.1. The highest BCUT2D eigenvalue weighted by Gasteiger charge is 2.37. The number of alkyl halides is 5. The van der Waals surface area contributed by atoms with Gasteiger partial charge in [0, 0.05) is 31.6 Å². The van der Waals surface area contributed by atoms with E-state index < -0.39 is 35.0 Å². The largest absolute Gasteiger partial charge is 0.417 e. The van der Waals surface area contributed by atoms with Crippen LogP contribution in [0.1, 0.15) is 40.7 Å². The van der Waals surface area contributed by atoms with Crippen molar-refractivity contribution < 1.29 is 26.7 Å². The Kier molecular flexibility index (Phi) is 6.26. The quantitative estimate of drug-likeness (QED) is 0.542. The zero-order valence-electron chi connectivity index (χ0n) is 16.1. The summed E-state index contributed by atoms with van der Waals surface area (Å²) in [4.78, 5) is 14.3. The lowest BCUT2D eigenvalue weighted by Crippen LogP contribution is -2.29. The van der Waals surface area contributed by atoms with Crippen LogP contribution in [0, 0.1) is 6.92 Å². The van der Waals surface area contributed by atoms with Gasteiger partial charge in [-0.3, -0.25) is 4.79 Å². The third-order valence-corrected chi connectivity index (χ3v) is 5.28. The summed E-state index contributed by atoms with van der Waals surface area (Å²) in [5.41, 5.74) is 0.0779. The molecule has 0 spiro atoms. The first-order chi connectivity index (χ1) is 14.0. The Bertz CT molecular complexity index is 945. The van der Waals surface area contributed by atoms with E-state index in [4.69, 9.17) is 11.6 Å². The van der Waals surface area contributed by atoms with Gasteiger partial charge in [0.05, 0.1) is 21.8 Å². The third-order valence-electron chi connectivity index (χ3n) is 4.97. The Morgan fingerprint density at radius 3 is 2.53 bits per heavy atom. The molecule has 3 rings (SSSR count). The maximum absolute atomic E-state index is 13.8. The van der Waals surface area contributed by atoms with Crippen LogP contribution < -0.4 is 10.2 Å². The van der Waals surface area contributed by atoms with Gasteiger partial charge in [0.2, 0.25) is 5.92 Å². The van der Waals surface area contributed by atoms with E-state index in [1.54, 1.807) is 18.2 Å². The fraction of sp³-hybridized carbons (Fsp3) is 0.381. The topological polar surface area (TPSA) is 32.3 Å². The Labute approximate surface area is 175 Å². The highest BCUT2D eigenvalue weighted by Crippen LogP contribution is 2.40. The molecular weight excluding hydrogens is 427 g/mol. The molecule has 0 atom stereocenters. The van der Waals surface area contributed by atoms with Gasteiger partial charge in [-0.2, -0.15) is 13.2 Å². The maximum Gasteiger partial charge on any atom is 0.417 e. The standard InChI is InChI=1S/C21H20ClF5N2O/c1-13-4-2-5-14(10-13)28-19(30)15-11-17(22)16(21(25,26)27)12-18(15)29-8-3-6-20(23,24)7-9-29/h2,4-5,10-12H,3,6-9H2,1H3,(H,28,30). The van der Waals surface area contributed by atoms with Crippen LogP contribution in [0.4, 0.5) is 33.3 Å². The van der Waals surface area contributed by atoms with Gasteiger partial charge in [-0.25, -0.2) is 8.78 Å². The van der Waals surface area contributed by atoms with Crippen LogP contribution in [0.25, 0.3) is 0 Å². The molecule has 0 aromatic heterocycles. The lowest BCUT2D eigenvalue weighted by molar-refractivity contribution is -0.137. The number of hydrogen-bond donors (Lipinski definition) is 1. The van der Waals surface area contributed by atoms with Gasteiger partial charge >= 0.3 is 6.18 Å². The van der Waals surface area contributed by atoms with Crippen molar-refractivity contribution in [1.29, 1.82) is 0 Å². The summed E-state index contributed by atoms with van der Waals surface area (Å²) in [5.74, 6) is -3.56. The van der Waals surface area contributed by atoms with E-state index in [9.17, 15) is 26.7 Å². The molecule has 30 heavy (non-hydrogen) atoms. The first-order valence-electron chi connectivity index (χ1n) is 9.38. The molecule has 0 aliphatic carbocycles. The van der Waals surface area contributed by atoms with Gasteiger partial charge < -0.3 is 10.2 Å². The Morgan fingerprint density at radius 1 is 1.13 bits per heavy atom. The molecule has 0 saturated carbocycles. The molecule has 0 radical (unpaired) electrons. The van der Waals surface area contributed by atoms with Crippen molar-refractivity contribution in [1.82, 2.24) is 0 Å². The highest BCUT2D eigenvalue weighted by molar-refractivity contribution is 6.32. The molecule has 1 N–H and O–H groups in total. The Hall–Kier alpha value is -2.35. The van der Waals surface area contributed by atoms with E-state index in [-0.39, 0.29) is 37.2 Å². The molecule has 1 heterocycles. The van der Waals surface area contributed by atoms with Crippen molar-refractivity contribution in [3.8, 4) is 0 Å². The van der Waals surface area contributed by atoms with Crippen LogP contribution in [0.15, 0.2) is 36.4 Å². The Morgan fingerprint density at radius 2 is 1.87 bits per heavy atom. The Balaban J connectivity index is 2.02. The number of amides is 1. The molecule has 1 saturated heterocycles. The maximum atomic E-state index is 13.8. The fourth-order valence-corrected chi connectivity index (χ4v) is 3.72. The molecule has 162 valence electrons. The van der Waals surface area contributed by atoms with Crippen molar-refractivity contribution in [2.75, 3.05) is 23.3 Å². The van der Waals surface area contributed by atoms with E-state index in [1.165, 1.54) is 4.90 Å². The summed E-state index contributed by atoms with van der Waals surface area (Å²) < 4.78 is 67.7. The van der Waals surface area contributed by atoms with E-state index in [0.29, 0.717) is 5.69 Å². The number of nitrogens with zero attached hydrogens (tertiary/aromatic N) is 1. The van der Waals surface area contributed by atoms with Gasteiger partial charge in [0.15, 0.2) is 0 Å². The van der Waals surface area contributed by atoms with Gasteiger partial charge in [0.1, 0.15) is 0 Å². The molecule has 0 bridgehead atoms. The molecular formula is C21H20ClF5N2O. The number of aryl methyl sites for hydroxylation is 1. The lowest BCUT2D eigenvalue weighted by Gasteiger charge is -2.27. The average Bonchev–Trinajstić information content (AvgIpc) is 2.81. The molecule has 1 fully saturated rings. The van der Waals surface area contributed by atoms with Crippen LogP contribution in [0.2, 0.25) is 5.02 Å². The number of benzene rings is 2. The number of nitrogens with one attached hydrogen (secondary N) is 1. The monoisotopic (exact) mass is 446 g/mol. The minimum atomic E-state index is -4.74. The summed E-state index contributed by atoms with van der Waals surface area (Å²) in [5, 5.41) is 2.02. The smallest absolute Gasteiger partial charge is 0.371 e. The second-order valence-electron chi connectivity index (χ2n) is 7.37. The molecule has 2 aromatic rings. The van der Waals surface area contributed by atoms with Crippen molar-refractivity contribution in [2.24, 2.45) is 0 Å². The third kappa shape index (κ3) is 5.22. The van der Waals surface area contributed by atoms with Gasteiger partial charge in [-0.1, -0.05) is 23.7 Å². The normalized spacial score (nSPS) is 16.8. The molecule has 0 unspecified atom stereocenters. The van der Waals surface area contributed by atoms with Crippen molar-refractivity contribution >= 4 is 28.9 Å². The summed E-state index contributed by atoms with van der Waals surface area (Å²) in [6.45, 7) is 1.77. The van der Waals surface area contributed by atoms with E-state index in [2.05, 4.69) is 5.32 Å². The van der Waals surface area contributed by atoms with Crippen LogP contribution in [0.5, 0.6) is 0 Å². The fourth-order valence-electron chi connectivity index (χ4n) is 3.45. The minimum Gasteiger partial charge on any atom is -0.371 e. The summed E-state index contributed by atoms with van der Waals surface area (Å²) >= 11 is 5.84. The van der Waals surface area contributed by atoms with Crippen LogP contribution in [-0.4, -0.2) is 24.9 Å². The van der Waals surface area contributed by atoms with Crippen LogP contribution >= 0.6 is 11.6 Å². The zero-order chi connectivity index (χ0) is 22.1. The number of rotatable bonds is 3.